The van der Waals surface area contributed by atoms with Gasteiger partial charge in [0, 0.05) is 19.8 Å². The standard InChI is InChI=1S/C14H18N4O3S/c1-18(2)10-5-3-9(4-6-10)8-15-17-14-16-13(21)11(22-14)7-12(19)20/h3-6,8,11,14,17H,7H2,1-2H3,(H,16,21)(H,19,20)/b15-8+. The van der Waals surface area contributed by atoms with Gasteiger partial charge in [-0.1, -0.05) is 12.1 Å². The predicted molar refractivity (Wildman–Crippen MR) is 87.1 cm³/mol. The van der Waals surface area contributed by atoms with Crippen molar-refractivity contribution in [3.63, 3.8) is 0 Å². The zero-order valence-corrected chi connectivity index (χ0v) is 13.1. The van der Waals surface area contributed by atoms with Crippen LogP contribution in [0, 0.1) is 0 Å². The number of rotatable bonds is 6. The van der Waals surface area contributed by atoms with E-state index in [0.29, 0.717) is 0 Å². The van der Waals surface area contributed by atoms with Crippen molar-refractivity contribution in [1.29, 1.82) is 0 Å². The van der Waals surface area contributed by atoms with Crippen LogP contribution in [-0.2, 0) is 9.59 Å². The molecular formula is C14H18N4O3S. The fourth-order valence-electron chi connectivity index (χ4n) is 1.88. The highest BCUT2D eigenvalue weighted by Gasteiger charge is 2.33. The highest BCUT2D eigenvalue weighted by Crippen LogP contribution is 2.24. The highest BCUT2D eigenvalue weighted by molar-refractivity contribution is 8.01. The first kappa shape index (κ1) is 16.2. The van der Waals surface area contributed by atoms with E-state index in [4.69, 9.17) is 5.11 Å². The SMILES string of the molecule is CN(C)c1ccc(/C=N/NC2NC(=O)C(CC(=O)O)S2)cc1. The zero-order valence-electron chi connectivity index (χ0n) is 12.3. The van der Waals surface area contributed by atoms with Gasteiger partial charge in [-0.2, -0.15) is 5.10 Å². The van der Waals surface area contributed by atoms with Gasteiger partial charge in [0.2, 0.25) is 5.91 Å². The van der Waals surface area contributed by atoms with Gasteiger partial charge in [-0.15, -0.1) is 11.8 Å². The normalized spacial score (nSPS) is 20.9. The molecule has 0 spiro atoms. The van der Waals surface area contributed by atoms with Crippen LogP contribution in [0.3, 0.4) is 0 Å². The van der Waals surface area contributed by atoms with Crippen molar-refractivity contribution >= 4 is 35.5 Å². The molecule has 0 aliphatic carbocycles. The largest absolute Gasteiger partial charge is 0.481 e. The van der Waals surface area contributed by atoms with Gasteiger partial charge >= 0.3 is 5.97 Å². The van der Waals surface area contributed by atoms with Gasteiger partial charge < -0.3 is 15.3 Å². The number of hydrazone groups is 1. The van der Waals surface area contributed by atoms with Crippen LogP contribution < -0.4 is 15.6 Å². The molecule has 1 aliphatic heterocycles. The van der Waals surface area contributed by atoms with Crippen LogP contribution in [0.25, 0.3) is 0 Å². The molecule has 8 heteroatoms. The van der Waals surface area contributed by atoms with E-state index in [1.807, 2.05) is 43.3 Å². The third-order valence-corrected chi connectivity index (χ3v) is 4.25. The lowest BCUT2D eigenvalue weighted by atomic mass is 10.2. The minimum absolute atomic E-state index is 0.190. The van der Waals surface area contributed by atoms with Gasteiger partial charge in [0.25, 0.3) is 0 Å². The molecule has 0 radical (unpaired) electrons. The molecule has 1 fully saturated rings. The van der Waals surface area contributed by atoms with Crippen molar-refractivity contribution in [2.45, 2.75) is 17.2 Å². The van der Waals surface area contributed by atoms with Crippen LogP contribution in [0.4, 0.5) is 5.69 Å². The van der Waals surface area contributed by atoms with Crippen molar-refractivity contribution in [1.82, 2.24) is 10.7 Å². The molecule has 1 aromatic rings. The molecule has 1 amide bonds. The van der Waals surface area contributed by atoms with Crippen LogP contribution in [0.2, 0.25) is 0 Å². The molecule has 22 heavy (non-hydrogen) atoms. The number of hydrogen-bond donors (Lipinski definition) is 3. The first-order chi connectivity index (χ1) is 10.5. The van der Waals surface area contributed by atoms with Crippen molar-refractivity contribution in [3.8, 4) is 0 Å². The van der Waals surface area contributed by atoms with Crippen LogP contribution in [0.15, 0.2) is 29.4 Å². The minimum Gasteiger partial charge on any atom is -0.481 e. The summed E-state index contributed by atoms with van der Waals surface area (Å²) in [6.07, 6.45) is 1.46. The lowest BCUT2D eigenvalue weighted by Gasteiger charge is -2.11. The minimum atomic E-state index is -0.988. The molecule has 2 atom stereocenters. The summed E-state index contributed by atoms with van der Waals surface area (Å²) >= 11 is 1.22. The average molecular weight is 322 g/mol. The number of carbonyl (C=O) groups excluding carboxylic acids is 1. The zero-order chi connectivity index (χ0) is 16.1. The molecule has 0 saturated carbocycles. The maximum absolute atomic E-state index is 11.6. The molecule has 0 aromatic heterocycles. The van der Waals surface area contributed by atoms with E-state index in [9.17, 15) is 9.59 Å². The van der Waals surface area contributed by atoms with E-state index in [-0.39, 0.29) is 12.3 Å². The summed E-state index contributed by atoms with van der Waals surface area (Å²) in [5.41, 5.74) is 4.41. The summed E-state index contributed by atoms with van der Waals surface area (Å²) < 4.78 is 0. The fourth-order valence-corrected chi connectivity index (χ4v) is 2.95. The Morgan fingerprint density at radius 2 is 2.14 bits per heavy atom. The van der Waals surface area contributed by atoms with Gasteiger partial charge in [-0.05, 0) is 17.7 Å². The highest BCUT2D eigenvalue weighted by atomic mass is 32.2. The molecule has 1 aromatic carbocycles. The first-order valence-corrected chi connectivity index (χ1v) is 7.63. The Labute approximate surface area is 132 Å². The molecule has 3 N–H and O–H groups in total. The van der Waals surface area contributed by atoms with Gasteiger partial charge in [0.15, 0.2) is 5.50 Å². The van der Waals surface area contributed by atoms with E-state index in [0.717, 1.165) is 11.3 Å². The fraction of sp³-hybridized carbons (Fsp3) is 0.357. The van der Waals surface area contributed by atoms with Gasteiger partial charge in [0.05, 0.1) is 17.9 Å². The number of aliphatic carboxylic acids is 1. The topological polar surface area (TPSA) is 94.0 Å². The third-order valence-electron chi connectivity index (χ3n) is 3.04. The maximum atomic E-state index is 11.6. The van der Waals surface area contributed by atoms with Crippen molar-refractivity contribution in [2.75, 3.05) is 19.0 Å². The molecule has 1 aliphatic rings. The molecule has 1 saturated heterocycles. The molecule has 7 nitrogen and oxygen atoms in total. The number of thioether (sulfide) groups is 1. The summed E-state index contributed by atoms with van der Waals surface area (Å²) in [7, 11) is 3.94. The molecule has 1 heterocycles. The second-order valence-electron chi connectivity index (χ2n) is 4.98. The van der Waals surface area contributed by atoms with Crippen molar-refractivity contribution < 1.29 is 14.7 Å². The Kier molecular flexibility index (Phi) is 5.26. The number of hydrogen-bond acceptors (Lipinski definition) is 6. The maximum Gasteiger partial charge on any atom is 0.305 e. The van der Waals surface area contributed by atoms with E-state index < -0.39 is 16.7 Å². The summed E-state index contributed by atoms with van der Waals surface area (Å²) in [5.74, 6) is -1.27. The number of nitrogens with zero attached hydrogens (tertiary/aromatic N) is 2. The van der Waals surface area contributed by atoms with Crippen LogP contribution in [-0.4, -0.2) is 48.0 Å². The Morgan fingerprint density at radius 3 is 2.73 bits per heavy atom. The Hall–Kier alpha value is -2.22. The number of benzene rings is 1. The summed E-state index contributed by atoms with van der Waals surface area (Å²) in [6, 6.07) is 7.84. The Balaban J connectivity index is 1.85. The Morgan fingerprint density at radius 1 is 1.45 bits per heavy atom. The number of carboxylic acids is 1. The Bertz CT molecular complexity index is 574. The quantitative estimate of drug-likeness (QED) is 0.526. The number of carboxylic acid groups (broad SMARTS) is 1. The van der Waals surface area contributed by atoms with Crippen molar-refractivity contribution in [3.05, 3.63) is 29.8 Å². The van der Waals surface area contributed by atoms with E-state index in [1.165, 1.54) is 11.8 Å². The smallest absolute Gasteiger partial charge is 0.305 e. The number of amides is 1. The second-order valence-corrected chi connectivity index (χ2v) is 6.30. The van der Waals surface area contributed by atoms with Gasteiger partial charge in [0.1, 0.15) is 0 Å². The number of nitrogens with one attached hydrogen (secondary N) is 2. The second kappa shape index (κ2) is 7.17. The van der Waals surface area contributed by atoms with Crippen molar-refractivity contribution in [2.24, 2.45) is 5.10 Å². The molecule has 0 bridgehead atoms. The van der Waals surface area contributed by atoms with Gasteiger partial charge in [-0.25, -0.2) is 0 Å². The third kappa shape index (κ3) is 4.39. The lowest BCUT2D eigenvalue weighted by molar-refractivity contribution is -0.138. The first-order valence-electron chi connectivity index (χ1n) is 6.69. The van der Waals surface area contributed by atoms with E-state index in [1.54, 1.807) is 6.21 Å². The lowest BCUT2D eigenvalue weighted by Crippen LogP contribution is -2.35. The number of carbonyl (C=O) groups is 2. The molecule has 2 rings (SSSR count). The average Bonchev–Trinajstić information content (AvgIpc) is 2.79. The van der Waals surface area contributed by atoms with Crippen LogP contribution in [0.5, 0.6) is 0 Å². The van der Waals surface area contributed by atoms with Crippen LogP contribution >= 0.6 is 11.8 Å². The molecule has 118 valence electrons. The van der Waals surface area contributed by atoms with E-state index >= 15 is 0 Å². The van der Waals surface area contributed by atoms with Crippen LogP contribution in [0.1, 0.15) is 12.0 Å². The molecular weight excluding hydrogens is 304 g/mol. The molecule has 2 unspecified atom stereocenters. The summed E-state index contributed by atoms with van der Waals surface area (Å²) in [5, 5.41) is 14.9. The monoisotopic (exact) mass is 322 g/mol. The number of anilines is 1. The van der Waals surface area contributed by atoms with Gasteiger partial charge in [-0.3, -0.25) is 15.0 Å². The van der Waals surface area contributed by atoms with E-state index in [2.05, 4.69) is 15.8 Å². The predicted octanol–water partition coefficient (Wildman–Crippen LogP) is 0.666. The summed E-state index contributed by atoms with van der Waals surface area (Å²) in [4.78, 5) is 24.2. The summed E-state index contributed by atoms with van der Waals surface area (Å²) in [6.45, 7) is 0.